The van der Waals surface area contributed by atoms with Gasteiger partial charge in [-0.3, -0.25) is 0 Å². The van der Waals surface area contributed by atoms with E-state index in [0.29, 0.717) is 4.67 Å². The van der Waals surface area contributed by atoms with E-state index >= 15 is 0 Å². The van der Waals surface area contributed by atoms with Crippen LogP contribution in [0.15, 0.2) is 43.9 Å². The van der Waals surface area contributed by atoms with E-state index in [0.717, 1.165) is 21.4 Å². The van der Waals surface area contributed by atoms with Crippen LogP contribution in [0.5, 0.6) is 0 Å². The molecule has 0 aliphatic carbocycles. The first kappa shape index (κ1) is 11.9. The lowest BCUT2D eigenvalue weighted by Gasteiger charge is -2.12. The average Bonchev–Trinajstić information content (AvgIpc) is 2.64. The van der Waals surface area contributed by atoms with Crippen molar-refractivity contribution < 1.29 is 4.42 Å². The van der Waals surface area contributed by atoms with Crippen LogP contribution in [0.25, 0.3) is 0 Å². The first-order valence-corrected chi connectivity index (χ1v) is 6.43. The lowest BCUT2D eigenvalue weighted by atomic mass is 10.0. The van der Waals surface area contributed by atoms with Crippen LogP contribution in [-0.2, 0) is 0 Å². The van der Waals surface area contributed by atoms with Crippen molar-refractivity contribution in [1.82, 2.24) is 0 Å². The summed E-state index contributed by atoms with van der Waals surface area (Å²) in [6.45, 7) is 2.04. The second kappa shape index (κ2) is 4.73. The molecule has 2 aromatic rings. The van der Waals surface area contributed by atoms with E-state index in [1.165, 1.54) is 0 Å². The van der Waals surface area contributed by atoms with Gasteiger partial charge in [-0.2, -0.15) is 0 Å². The van der Waals surface area contributed by atoms with Gasteiger partial charge in [0.2, 0.25) is 0 Å². The Balaban J connectivity index is 2.37. The van der Waals surface area contributed by atoms with E-state index in [4.69, 9.17) is 10.2 Å². The van der Waals surface area contributed by atoms with Crippen LogP contribution in [0.4, 0.5) is 0 Å². The minimum atomic E-state index is -0.223. The second-order valence-electron chi connectivity index (χ2n) is 3.62. The molecular weight excluding hydrogens is 334 g/mol. The number of benzene rings is 1. The molecule has 0 aliphatic rings. The second-order valence-corrected chi connectivity index (χ2v) is 5.32. The normalized spacial score (nSPS) is 12.8. The lowest BCUT2D eigenvalue weighted by molar-refractivity contribution is 0.469. The molecule has 0 amide bonds. The molecule has 0 saturated heterocycles. The zero-order valence-electron chi connectivity index (χ0n) is 8.71. The molecule has 0 fully saturated rings. The summed E-state index contributed by atoms with van der Waals surface area (Å²) >= 11 is 6.71. The maximum Gasteiger partial charge on any atom is 0.169 e. The molecule has 2 rings (SSSR count). The third-order valence-corrected chi connectivity index (χ3v) is 3.39. The maximum atomic E-state index is 6.15. The largest absolute Gasteiger partial charge is 0.452 e. The summed E-state index contributed by atoms with van der Waals surface area (Å²) in [5.74, 6) is 0.761. The summed E-state index contributed by atoms with van der Waals surface area (Å²) < 4.78 is 7.22. The third kappa shape index (κ3) is 2.39. The predicted octanol–water partition coefficient (Wildman–Crippen LogP) is 4.16. The van der Waals surface area contributed by atoms with Crippen molar-refractivity contribution in [1.29, 1.82) is 0 Å². The van der Waals surface area contributed by atoms with Crippen molar-refractivity contribution >= 4 is 31.9 Å². The van der Waals surface area contributed by atoms with Crippen molar-refractivity contribution in [2.24, 2.45) is 5.73 Å². The first-order chi connectivity index (χ1) is 7.58. The molecule has 1 aromatic carbocycles. The van der Waals surface area contributed by atoms with Gasteiger partial charge in [0.05, 0.1) is 6.04 Å². The van der Waals surface area contributed by atoms with Crippen molar-refractivity contribution in [2.45, 2.75) is 13.0 Å². The Morgan fingerprint density at radius 1 is 1.19 bits per heavy atom. The molecule has 0 radical (unpaired) electrons. The zero-order chi connectivity index (χ0) is 11.7. The standard InChI is InChI=1S/C12H11Br2NO/c1-7-6-8(13)2-3-9(7)12(15)10-4-5-11(14)16-10/h2-6,12H,15H2,1H3. The van der Waals surface area contributed by atoms with Gasteiger partial charge in [-0.15, -0.1) is 0 Å². The third-order valence-electron chi connectivity index (χ3n) is 2.47. The van der Waals surface area contributed by atoms with Crippen LogP contribution in [-0.4, -0.2) is 0 Å². The molecule has 2 nitrogen and oxygen atoms in total. The van der Waals surface area contributed by atoms with E-state index in [1.54, 1.807) is 0 Å². The van der Waals surface area contributed by atoms with Crippen LogP contribution in [0.1, 0.15) is 22.9 Å². The van der Waals surface area contributed by atoms with Gasteiger partial charge in [-0.1, -0.05) is 22.0 Å². The molecule has 0 spiro atoms. The van der Waals surface area contributed by atoms with Crippen LogP contribution in [0.3, 0.4) is 0 Å². The molecular formula is C12H11Br2NO. The molecule has 84 valence electrons. The smallest absolute Gasteiger partial charge is 0.169 e. The average molecular weight is 345 g/mol. The molecule has 0 saturated carbocycles. The molecule has 1 aromatic heterocycles. The van der Waals surface area contributed by atoms with E-state index in [-0.39, 0.29) is 6.04 Å². The van der Waals surface area contributed by atoms with Gasteiger partial charge in [0.25, 0.3) is 0 Å². The van der Waals surface area contributed by atoms with E-state index in [9.17, 15) is 0 Å². The van der Waals surface area contributed by atoms with Crippen molar-refractivity contribution in [3.63, 3.8) is 0 Å². The highest BCUT2D eigenvalue weighted by molar-refractivity contribution is 9.10. The molecule has 1 heterocycles. The Kier molecular flexibility index (Phi) is 3.52. The SMILES string of the molecule is Cc1cc(Br)ccc1C(N)c1ccc(Br)o1. The van der Waals surface area contributed by atoms with E-state index in [2.05, 4.69) is 31.9 Å². The van der Waals surface area contributed by atoms with Crippen molar-refractivity contribution in [2.75, 3.05) is 0 Å². The number of hydrogen-bond donors (Lipinski definition) is 1. The molecule has 1 atom stereocenters. The Labute approximate surface area is 111 Å². The van der Waals surface area contributed by atoms with Crippen molar-refractivity contribution in [3.05, 3.63) is 56.4 Å². The summed E-state index contributed by atoms with van der Waals surface area (Å²) in [6, 6.07) is 9.56. The molecule has 0 bridgehead atoms. The summed E-state index contributed by atoms with van der Waals surface area (Å²) in [4.78, 5) is 0. The van der Waals surface area contributed by atoms with Crippen LogP contribution >= 0.6 is 31.9 Å². The molecule has 4 heteroatoms. The number of nitrogens with two attached hydrogens (primary N) is 1. The molecule has 16 heavy (non-hydrogen) atoms. The topological polar surface area (TPSA) is 39.2 Å². The zero-order valence-corrected chi connectivity index (χ0v) is 11.9. The van der Waals surface area contributed by atoms with Gasteiger partial charge in [-0.05, 0) is 58.2 Å². The van der Waals surface area contributed by atoms with Gasteiger partial charge >= 0.3 is 0 Å². The highest BCUT2D eigenvalue weighted by Gasteiger charge is 2.14. The molecule has 0 aliphatic heterocycles. The fraction of sp³-hybridized carbons (Fsp3) is 0.167. The Bertz CT molecular complexity index is 507. The van der Waals surface area contributed by atoms with E-state index < -0.39 is 0 Å². The van der Waals surface area contributed by atoms with Gasteiger partial charge in [0.15, 0.2) is 4.67 Å². The summed E-state index contributed by atoms with van der Waals surface area (Å²) in [5, 5.41) is 0. The molecule has 1 unspecified atom stereocenters. The first-order valence-electron chi connectivity index (χ1n) is 4.85. The number of aryl methyl sites for hydroxylation is 1. The number of furan rings is 1. The minimum Gasteiger partial charge on any atom is -0.452 e. The van der Waals surface area contributed by atoms with Gasteiger partial charge < -0.3 is 10.2 Å². The highest BCUT2D eigenvalue weighted by atomic mass is 79.9. The summed E-state index contributed by atoms with van der Waals surface area (Å²) in [6.07, 6.45) is 0. The molecule has 2 N–H and O–H groups in total. The Morgan fingerprint density at radius 3 is 2.50 bits per heavy atom. The lowest BCUT2D eigenvalue weighted by Crippen LogP contribution is -2.12. The van der Waals surface area contributed by atoms with Gasteiger partial charge in [0.1, 0.15) is 5.76 Å². The van der Waals surface area contributed by atoms with Crippen LogP contribution < -0.4 is 5.73 Å². The fourth-order valence-corrected chi connectivity index (χ4v) is 2.43. The summed E-state index contributed by atoms with van der Waals surface area (Å²) in [7, 11) is 0. The Hall–Kier alpha value is -0.580. The van der Waals surface area contributed by atoms with Crippen molar-refractivity contribution in [3.8, 4) is 0 Å². The van der Waals surface area contributed by atoms with E-state index in [1.807, 2.05) is 37.3 Å². The predicted molar refractivity (Wildman–Crippen MR) is 71.3 cm³/mol. The number of rotatable bonds is 2. The van der Waals surface area contributed by atoms with Crippen LogP contribution in [0, 0.1) is 6.92 Å². The number of halogens is 2. The van der Waals surface area contributed by atoms with Crippen LogP contribution in [0.2, 0.25) is 0 Å². The Morgan fingerprint density at radius 2 is 1.94 bits per heavy atom. The monoisotopic (exact) mass is 343 g/mol. The van der Waals surface area contributed by atoms with Gasteiger partial charge in [-0.25, -0.2) is 0 Å². The van der Waals surface area contributed by atoms with Gasteiger partial charge in [0, 0.05) is 4.47 Å². The highest BCUT2D eigenvalue weighted by Crippen LogP contribution is 2.27. The minimum absolute atomic E-state index is 0.223. The maximum absolute atomic E-state index is 6.15. The quantitative estimate of drug-likeness (QED) is 0.888. The summed E-state index contributed by atoms with van der Waals surface area (Å²) in [5.41, 5.74) is 8.37. The fourth-order valence-electron chi connectivity index (χ4n) is 1.64. The number of hydrogen-bond acceptors (Lipinski definition) is 2.